The summed E-state index contributed by atoms with van der Waals surface area (Å²) in [7, 11) is 0. The lowest BCUT2D eigenvalue weighted by Crippen LogP contribution is -2.25. The standard InChI is InChI=1S/C20H20N2O/c23-20(22-15-18-12-7-13-21-18)14-19(16-8-3-1-4-9-16)17-10-5-2-6-11-17/h1-13,19,21H,14-15H2,(H,22,23). The summed E-state index contributed by atoms with van der Waals surface area (Å²) in [6.45, 7) is 0.530. The summed E-state index contributed by atoms with van der Waals surface area (Å²) >= 11 is 0. The van der Waals surface area contributed by atoms with Crippen molar-refractivity contribution in [3.8, 4) is 0 Å². The summed E-state index contributed by atoms with van der Waals surface area (Å²) in [5, 5.41) is 2.98. The molecule has 1 amide bonds. The van der Waals surface area contributed by atoms with Crippen molar-refractivity contribution in [1.82, 2.24) is 10.3 Å². The van der Waals surface area contributed by atoms with E-state index >= 15 is 0 Å². The van der Waals surface area contributed by atoms with Gasteiger partial charge in [0.2, 0.25) is 5.91 Å². The number of carbonyl (C=O) groups excluding carboxylic acids is 1. The zero-order valence-electron chi connectivity index (χ0n) is 12.9. The fourth-order valence-electron chi connectivity index (χ4n) is 2.73. The molecule has 0 radical (unpaired) electrons. The largest absolute Gasteiger partial charge is 0.364 e. The molecule has 0 aliphatic heterocycles. The average Bonchev–Trinajstić information content (AvgIpc) is 3.13. The maximum Gasteiger partial charge on any atom is 0.221 e. The molecule has 2 N–H and O–H groups in total. The number of benzene rings is 2. The highest BCUT2D eigenvalue weighted by Gasteiger charge is 2.17. The minimum Gasteiger partial charge on any atom is -0.364 e. The van der Waals surface area contributed by atoms with E-state index in [0.717, 1.165) is 16.8 Å². The van der Waals surface area contributed by atoms with Crippen LogP contribution in [0.5, 0.6) is 0 Å². The molecule has 0 atom stereocenters. The molecule has 1 aromatic heterocycles. The fraction of sp³-hybridized carbons (Fsp3) is 0.150. The van der Waals surface area contributed by atoms with Crippen LogP contribution in [-0.4, -0.2) is 10.9 Å². The number of hydrogen-bond donors (Lipinski definition) is 2. The first kappa shape index (κ1) is 15.1. The molecule has 3 aromatic rings. The molecule has 2 aromatic carbocycles. The smallest absolute Gasteiger partial charge is 0.221 e. The van der Waals surface area contributed by atoms with Gasteiger partial charge in [-0.25, -0.2) is 0 Å². The van der Waals surface area contributed by atoms with E-state index in [1.807, 2.05) is 54.7 Å². The van der Waals surface area contributed by atoms with Crippen molar-refractivity contribution in [2.75, 3.05) is 0 Å². The van der Waals surface area contributed by atoms with Crippen molar-refractivity contribution >= 4 is 5.91 Å². The Morgan fingerprint density at radius 2 is 1.48 bits per heavy atom. The van der Waals surface area contributed by atoms with Gasteiger partial charge in [-0.3, -0.25) is 4.79 Å². The van der Waals surface area contributed by atoms with Crippen LogP contribution in [0.2, 0.25) is 0 Å². The first-order valence-corrected chi connectivity index (χ1v) is 7.82. The van der Waals surface area contributed by atoms with Gasteiger partial charge in [-0.15, -0.1) is 0 Å². The molecule has 0 spiro atoms. The van der Waals surface area contributed by atoms with E-state index in [0.29, 0.717) is 13.0 Å². The lowest BCUT2D eigenvalue weighted by molar-refractivity contribution is -0.121. The van der Waals surface area contributed by atoms with Crippen molar-refractivity contribution in [2.45, 2.75) is 18.9 Å². The number of aromatic amines is 1. The van der Waals surface area contributed by atoms with Crippen LogP contribution in [0.1, 0.15) is 29.2 Å². The molecule has 3 rings (SSSR count). The normalized spacial score (nSPS) is 10.7. The summed E-state index contributed by atoms with van der Waals surface area (Å²) in [5.74, 6) is 0.123. The third-order valence-electron chi connectivity index (χ3n) is 3.93. The van der Waals surface area contributed by atoms with Gasteiger partial charge in [0.25, 0.3) is 0 Å². The Morgan fingerprint density at radius 1 is 0.870 bits per heavy atom. The monoisotopic (exact) mass is 304 g/mol. The second-order valence-electron chi connectivity index (χ2n) is 5.55. The highest BCUT2D eigenvalue weighted by atomic mass is 16.1. The summed E-state index contributed by atoms with van der Waals surface area (Å²) < 4.78 is 0. The Balaban J connectivity index is 1.72. The Bertz CT molecular complexity index is 681. The van der Waals surface area contributed by atoms with Gasteiger partial charge >= 0.3 is 0 Å². The minimum atomic E-state index is 0.0531. The van der Waals surface area contributed by atoms with E-state index in [1.165, 1.54) is 0 Å². The summed E-state index contributed by atoms with van der Waals surface area (Å²) in [4.78, 5) is 15.5. The van der Waals surface area contributed by atoms with E-state index in [2.05, 4.69) is 34.6 Å². The van der Waals surface area contributed by atoms with Crippen LogP contribution in [0.15, 0.2) is 79.0 Å². The van der Waals surface area contributed by atoms with Gasteiger partial charge in [0.05, 0.1) is 6.54 Å². The average molecular weight is 304 g/mol. The molecule has 0 saturated carbocycles. The molecule has 0 aliphatic carbocycles. The first-order valence-electron chi connectivity index (χ1n) is 7.82. The SMILES string of the molecule is O=C(CC(c1ccccc1)c1ccccc1)NCc1ccc[nH]1. The Hall–Kier alpha value is -2.81. The van der Waals surface area contributed by atoms with Gasteiger partial charge in [0.1, 0.15) is 0 Å². The first-order chi connectivity index (χ1) is 11.3. The highest BCUT2D eigenvalue weighted by Crippen LogP contribution is 2.27. The molecule has 0 saturated heterocycles. The van der Waals surface area contributed by atoms with E-state index in [4.69, 9.17) is 0 Å². The van der Waals surface area contributed by atoms with Crippen LogP contribution < -0.4 is 5.32 Å². The van der Waals surface area contributed by atoms with Gasteiger partial charge in [-0.1, -0.05) is 60.7 Å². The van der Waals surface area contributed by atoms with Crippen LogP contribution >= 0.6 is 0 Å². The third kappa shape index (κ3) is 4.10. The second-order valence-corrected chi connectivity index (χ2v) is 5.55. The molecule has 0 aliphatic rings. The van der Waals surface area contributed by atoms with E-state index in [1.54, 1.807) is 0 Å². The number of hydrogen-bond acceptors (Lipinski definition) is 1. The van der Waals surface area contributed by atoms with Crippen molar-refractivity contribution in [1.29, 1.82) is 0 Å². The molecule has 3 heteroatoms. The van der Waals surface area contributed by atoms with Crippen LogP contribution in [-0.2, 0) is 11.3 Å². The van der Waals surface area contributed by atoms with Crippen LogP contribution in [0.3, 0.4) is 0 Å². The number of H-pyrrole nitrogens is 1. The van der Waals surface area contributed by atoms with Crippen LogP contribution in [0.25, 0.3) is 0 Å². The zero-order valence-corrected chi connectivity index (χ0v) is 12.9. The van der Waals surface area contributed by atoms with Crippen molar-refractivity contribution in [3.63, 3.8) is 0 Å². The van der Waals surface area contributed by atoms with E-state index in [9.17, 15) is 4.79 Å². The predicted molar refractivity (Wildman–Crippen MR) is 92.0 cm³/mol. The van der Waals surface area contributed by atoms with Crippen LogP contribution in [0, 0.1) is 0 Å². The van der Waals surface area contributed by atoms with Crippen molar-refractivity contribution in [2.24, 2.45) is 0 Å². The molecular formula is C20H20N2O. The van der Waals surface area contributed by atoms with Gasteiger partial charge in [0, 0.05) is 24.2 Å². The maximum atomic E-state index is 12.4. The minimum absolute atomic E-state index is 0.0531. The summed E-state index contributed by atoms with van der Waals surface area (Å²) in [6.07, 6.45) is 2.30. The molecule has 0 bridgehead atoms. The van der Waals surface area contributed by atoms with E-state index < -0.39 is 0 Å². The van der Waals surface area contributed by atoms with Gasteiger partial charge < -0.3 is 10.3 Å². The quantitative estimate of drug-likeness (QED) is 0.714. The maximum absolute atomic E-state index is 12.4. The van der Waals surface area contributed by atoms with Crippen LogP contribution in [0.4, 0.5) is 0 Å². The summed E-state index contributed by atoms with van der Waals surface area (Å²) in [6, 6.07) is 24.3. The topological polar surface area (TPSA) is 44.9 Å². The molecule has 3 nitrogen and oxygen atoms in total. The summed E-state index contributed by atoms with van der Waals surface area (Å²) in [5.41, 5.74) is 3.33. The second kappa shape index (κ2) is 7.45. The zero-order chi connectivity index (χ0) is 15.9. The molecule has 1 heterocycles. The Kier molecular flexibility index (Phi) is 4.89. The molecule has 23 heavy (non-hydrogen) atoms. The lowest BCUT2D eigenvalue weighted by Gasteiger charge is -2.17. The molecule has 116 valence electrons. The fourth-order valence-corrected chi connectivity index (χ4v) is 2.73. The van der Waals surface area contributed by atoms with Crippen molar-refractivity contribution in [3.05, 3.63) is 95.8 Å². The van der Waals surface area contributed by atoms with Gasteiger partial charge in [-0.05, 0) is 23.3 Å². The molecule has 0 fully saturated rings. The van der Waals surface area contributed by atoms with Gasteiger partial charge in [-0.2, -0.15) is 0 Å². The number of rotatable bonds is 6. The number of amides is 1. The number of carbonyl (C=O) groups is 1. The Labute approximate surface area is 136 Å². The van der Waals surface area contributed by atoms with E-state index in [-0.39, 0.29) is 11.8 Å². The lowest BCUT2D eigenvalue weighted by atomic mass is 9.88. The number of aromatic nitrogens is 1. The van der Waals surface area contributed by atoms with Crippen molar-refractivity contribution < 1.29 is 4.79 Å². The molecular weight excluding hydrogens is 284 g/mol. The number of nitrogens with one attached hydrogen (secondary N) is 2. The molecule has 0 unspecified atom stereocenters. The third-order valence-corrected chi connectivity index (χ3v) is 3.93. The predicted octanol–water partition coefficient (Wildman–Crippen LogP) is 3.85. The Morgan fingerprint density at radius 3 is 2.00 bits per heavy atom. The highest BCUT2D eigenvalue weighted by molar-refractivity contribution is 5.77. The van der Waals surface area contributed by atoms with Gasteiger partial charge in [0.15, 0.2) is 0 Å².